The van der Waals surface area contributed by atoms with E-state index in [-0.39, 0.29) is 5.91 Å². The molecule has 1 heterocycles. The van der Waals surface area contributed by atoms with Crippen molar-refractivity contribution < 1.29 is 9.59 Å². The second-order valence-electron chi connectivity index (χ2n) is 3.94. The van der Waals surface area contributed by atoms with Crippen LogP contribution < -0.4 is 16.4 Å². The standard InChI is InChI=1S/C11H18N4O2S/c1-8-7-18-11(14-8)15-9(16)5-3-2-4-6-13-10(12)17/h7H,2-6H2,1H3,(H3,12,13,17)(H,14,15,16). The highest BCUT2D eigenvalue weighted by molar-refractivity contribution is 7.13. The number of amides is 3. The van der Waals surface area contributed by atoms with Crippen LogP contribution in [0.3, 0.4) is 0 Å². The van der Waals surface area contributed by atoms with Crippen LogP contribution in [0.5, 0.6) is 0 Å². The molecule has 0 spiro atoms. The molecule has 0 unspecified atom stereocenters. The summed E-state index contributed by atoms with van der Waals surface area (Å²) in [7, 11) is 0. The number of nitrogens with zero attached hydrogens (tertiary/aromatic N) is 1. The number of hydrogen-bond acceptors (Lipinski definition) is 4. The van der Waals surface area contributed by atoms with Gasteiger partial charge in [-0.2, -0.15) is 0 Å². The van der Waals surface area contributed by atoms with E-state index in [1.54, 1.807) is 0 Å². The summed E-state index contributed by atoms with van der Waals surface area (Å²) in [6.45, 7) is 2.44. The molecule has 0 aromatic carbocycles. The summed E-state index contributed by atoms with van der Waals surface area (Å²) in [5.74, 6) is -0.0211. The van der Waals surface area contributed by atoms with Crippen LogP contribution in [0.15, 0.2) is 5.38 Å². The number of carbonyl (C=O) groups is 2. The number of anilines is 1. The fraction of sp³-hybridized carbons (Fsp3) is 0.545. The Bertz CT molecular complexity index is 406. The number of rotatable bonds is 7. The Morgan fingerprint density at radius 3 is 2.78 bits per heavy atom. The third kappa shape index (κ3) is 6.19. The normalized spacial score (nSPS) is 10.1. The Labute approximate surface area is 110 Å². The van der Waals surface area contributed by atoms with Crippen molar-refractivity contribution in [1.29, 1.82) is 0 Å². The van der Waals surface area contributed by atoms with E-state index in [1.165, 1.54) is 11.3 Å². The van der Waals surface area contributed by atoms with E-state index < -0.39 is 6.03 Å². The number of thiazole rings is 1. The quantitative estimate of drug-likeness (QED) is 0.657. The average molecular weight is 270 g/mol. The predicted octanol–water partition coefficient (Wildman–Crippen LogP) is 1.62. The van der Waals surface area contributed by atoms with Gasteiger partial charge in [0, 0.05) is 18.3 Å². The van der Waals surface area contributed by atoms with Gasteiger partial charge in [0.2, 0.25) is 5.91 Å². The van der Waals surface area contributed by atoms with Crippen LogP contribution in [0.2, 0.25) is 0 Å². The molecule has 0 fully saturated rings. The van der Waals surface area contributed by atoms with Gasteiger partial charge in [0.25, 0.3) is 0 Å². The molecular weight excluding hydrogens is 252 g/mol. The lowest BCUT2D eigenvalue weighted by Crippen LogP contribution is -2.29. The highest BCUT2D eigenvalue weighted by atomic mass is 32.1. The monoisotopic (exact) mass is 270 g/mol. The van der Waals surface area contributed by atoms with Crippen molar-refractivity contribution >= 4 is 28.4 Å². The fourth-order valence-corrected chi connectivity index (χ4v) is 2.10. The Morgan fingerprint density at radius 2 is 2.17 bits per heavy atom. The molecule has 0 saturated carbocycles. The average Bonchev–Trinajstić information content (AvgIpc) is 2.68. The van der Waals surface area contributed by atoms with Crippen molar-refractivity contribution in [3.8, 4) is 0 Å². The molecule has 0 radical (unpaired) electrons. The van der Waals surface area contributed by atoms with Gasteiger partial charge in [-0.15, -0.1) is 11.3 Å². The van der Waals surface area contributed by atoms with Gasteiger partial charge in [0.15, 0.2) is 5.13 Å². The summed E-state index contributed by atoms with van der Waals surface area (Å²) in [5, 5.41) is 7.80. The van der Waals surface area contributed by atoms with Gasteiger partial charge in [-0.3, -0.25) is 4.79 Å². The minimum atomic E-state index is -0.508. The van der Waals surface area contributed by atoms with Crippen molar-refractivity contribution in [2.45, 2.75) is 32.6 Å². The van der Waals surface area contributed by atoms with E-state index >= 15 is 0 Å². The molecule has 18 heavy (non-hydrogen) atoms. The first-order valence-corrected chi connectivity index (χ1v) is 6.71. The zero-order valence-corrected chi connectivity index (χ0v) is 11.2. The summed E-state index contributed by atoms with van der Waals surface area (Å²) in [6, 6.07) is -0.508. The number of nitrogens with two attached hydrogens (primary N) is 1. The Balaban J connectivity index is 2.05. The molecule has 0 atom stereocenters. The molecule has 0 aliphatic rings. The lowest BCUT2D eigenvalue weighted by molar-refractivity contribution is -0.116. The Kier molecular flexibility index (Phi) is 6.13. The highest BCUT2D eigenvalue weighted by Crippen LogP contribution is 2.14. The second kappa shape index (κ2) is 7.65. The second-order valence-corrected chi connectivity index (χ2v) is 4.80. The number of nitrogens with one attached hydrogen (secondary N) is 2. The van der Waals surface area contributed by atoms with E-state index in [0.29, 0.717) is 18.1 Å². The van der Waals surface area contributed by atoms with Gasteiger partial charge in [-0.1, -0.05) is 6.42 Å². The van der Waals surface area contributed by atoms with Crippen LogP contribution in [-0.2, 0) is 4.79 Å². The summed E-state index contributed by atoms with van der Waals surface area (Å²) in [4.78, 5) is 26.1. The first kappa shape index (κ1) is 14.4. The third-order valence-corrected chi connectivity index (χ3v) is 3.12. The molecule has 0 saturated heterocycles. The van der Waals surface area contributed by atoms with Crippen molar-refractivity contribution in [1.82, 2.24) is 10.3 Å². The van der Waals surface area contributed by atoms with Gasteiger partial charge in [0.1, 0.15) is 0 Å². The molecule has 1 aromatic rings. The lowest BCUT2D eigenvalue weighted by atomic mass is 10.2. The van der Waals surface area contributed by atoms with Crippen LogP contribution in [0.1, 0.15) is 31.4 Å². The molecule has 6 nitrogen and oxygen atoms in total. The van der Waals surface area contributed by atoms with Crippen LogP contribution >= 0.6 is 11.3 Å². The Hall–Kier alpha value is -1.63. The first-order valence-electron chi connectivity index (χ1n) is 5.83. The summed E-state index contributed by atoms with van der Waals surface area (Å²) in [5.41, 5.74) is 5.83. The summed E-state index contributed by atoms with van der Waals surface area (Å²) >= 11 is 1.42. The van der Waals surface area contributed by atoms with E-state index in [4.69, 9.17) is 5.73 Å². The van der Waals surface area contributed by atoms with Gasteiger partial charge in [-0.25, -0.2) is 9.78 Å². The maximum atomic E-state index is 11.5. The maximum Gasteiger partial charge on any atom is 0.312 e. The SMILES string of the molecule is Cc1csc(NC(=O)CCCCCNC(N)=O)n1. The molecule has 0 bridgehead atoms. The molecule has 7 heteroatoms. The number of urea groups is 1. The van der Waals surface area contributed by atoms with Crippen molar-refractivity contribution in [3.05, 3.63) is 11.1 Å². The van der Waals surface area contributed by atoms with Crippen molar-refractivity contribution in [2.75, 3.05) is 11.9 Å². The largest absolute Gasteiger partial charge is 0.352 e. The summed E-state index contributed by atoms with van der Waals surface area (Å²) in [6.07, 6.45) is 2.96. The molecular formula is C11H18N4O2S. The van der Waals surface area contributed by atoms with Gasteiger partial charge in [-0.05, 0) is 19.8 Å². The smallest absolute Gasteiger partial charge is 0.312 e. The number of aromatic nitrogens is 1. The van der Waals surface area contributed by atoms with Crippen LogP contribution in [0.4, 0.5) is 9.93 Å². The number of hydrogen-bond donors (Lipinski definition) is 3. The van der Waals surface area contributed by atoms with Gasteiger partial charge < -0.3 is 16.4 Å². The van der Waals surface area contributed by atoms with Crippen LogP contribution in [0.25, 0.3) is 0 Å². The molecule has 4 N–H and O–H groups in total. The van der Waals surface area contributed by atoms with Crippen molar-refractivity contribution in [2.24, 2.45) is 5.73 Å². The molecule has 0 aliphatic heterocycles. The third-order valence-electron chi connectivity index (χ3n) is 2.25. The molecule has 3 amide bonds. The number of primary amides is 1. The first-order chi connectivity index (χ1) is 8.58. The van der Waals surface area contributed by atoms with E-state index in [2.05, 4.69) is 15.6 Å². The molecule has 1 aromatic heterocycles. The van der Waals surface area contributed by atoms with Crippen LogP contribution in [0, 0.1) is 6.92 Å². The number of unbranched alkanes of at least 4 members (excludes halogenated alkanes) is 2. The van der Waals surface area contributed by atoms with Crippen LogP contribution in [-0.4, -0.2) is 23.5 Å². The number of aryl methyl sites for hydroxylation is 1. The zero-order chi connectivity index (χ0) is 13.4. The summed E-state index contributed by atoms with van der Waals surface area (Å²) < 4.78 is 0. The van der Waals surface area contributed by atoms with Crippen molar-refractivity contribution in [3.63, 3.8) is 0 Å². The van der Waals surface area contributed by atoms with E-state index in [9.17, 15) is 9.59 Å². The lowest BCUT2D eigenvalue weighted by Gasteiger charge is -2.02. The molecule has 0 aliphatic carbocycles. The minimum absolute atomic E-state index is 0.0211. The van der Waals surface area contributed by atoms with Gasteiger partial charge >= 0.3 is 6.03 Å². The highest BCUT2D eigenvalue weighted by Gasteiger charge is 2.04. The Morgan fingerprint density at radius 1 is 1.39 bits per heavy atom. The van der Waals surface area contributed by atoms with E-state index in [1.807, 2.05) is 12.3 Å². The predicted molar refractivity (Wildman–Crippen MR) is 71.5 cm³/mol. The molecule has 1 rings (SSSR count). The minimum Gasteiger partial charge on any atom is -0.352 e. The van der Waals surface area contributed by atoms with E-state index in [0.717, 1.165) is 25.0 Å². The maximum absolute atomic E-state index is 11.5. The zero-order valence-electron chi connectivity index (χ0n) is 10.4. The number of carbonyl (C=O) groups excluding carboxylic acids is 2. The molecule has 100 valence electrons. The van der Waals surface area contributed by atoms with Gasteiger partial charge in [0.05, 0.1) is 5.69 Å². The topological polar surface area (TPSA) is 97.1 Å². The fourth-order valence-electron chi connectivity index (χ4n) is 1.39.